The van der Waals surface area contributed by atoms with E-state index in [2.05, 4.69) is 45.3 Å². The molecule has 0 unspecified atom stereocenters. The Morgan fingerprint density at radius 2 is 2.00 bits per heavy atom. The Kier molecular flexibility index (Phi) is 6.65. The average molecular weight is 399 g/mol. The minimum Gasteiger partial charge on any atom is -0.497 e. The lowest BCUT2D eigenvalue weighted by molar-refractivity contribution is 0.414. The normalized spacial score (nSPS) is 11.5. The number of nitrogens with one attached hydrogen (secondary N) is 2. The highest BCUT2D eigenvalue weighted by atomic mass is 32.1. The standard InChI is InChI=1S/C20H26N6OS/c1-14-8-16(10-17(9-14)27-4)11-21-20(22-12-18-6-5-7-28-18)23-13-19-25-24-15(2)26(19)3/h5-10H,11-13H2,1-4H3,(H2,21,22,23). The molecule has 28 heavy (non-hydrogen) atoms. The van der Waals surface area contributed by atoms with Crippen molar-refractivity contribution in [1.29, 1.82) is 0 Å². The van der Waals surface area contributed by atoms with E-state index in [4.69, 9.17) is 9.73 Å². The first-order chi connectivity index (χ1) is 13.5. The maximum atomic E-state index is 5.36. The lowest BCUT2D eigenvalue weighted by Crippen LogP contribution is -2.37. The molecule has 0 aliphatic carbocycles. The van der Waals surface area contributed by atoms with Gasteiger partial charge in [-0.15, -0.1) is 21.5 Å². The number of aryl methyl sites for hydroxylation is 2. The van der Waals surface area contributed by atoms with Crippen LogP contribution in [0.25, 0.3) is 0 Å². The molecule has 0 saturated heterocycles. The molecule has 0 radical (unpaired) electrons. The Morgan fingerprint density at radius 1 is 1.18 bits per heavy atom. The second-order valence-corrected chi connectivity index (χ2v) is 7.56. The molecule has 0 aliphatic heterocycles. The van der Waals surface area contributed by atoms with Crippen molar-refractivity contribution in [2.24, 2.45) is 12.0 Å². The smallest absolute Gasteiger partial charge is 0.192 e. The van der Waals surface area contributed by atoms with Gasteiger partial charge in [-0.05, 0) is 48.6 Å². The van der Waals surface area contributed by atoms with E-state index in [9.17, 15) is 0 Å². The zero-order chi connectivity index (χ0) is 19.9. The molecule has 8 heteroatoms. The van der Waals surface area contributed by atoms with Gasteiger partial charge in [0.15, 0.2) is 11.8 Å². The van der Waals surface area contributed by atoms with E-state index in [1.165, 1.54) is 4.88 Å². The number of ether oxygens (including phenoxy) is 1. The summed E-state index contributed by atoms with van der Waals surface area (Å²) in [6.07, 6.45) is 0. The highest BCUT2D eigenvalue weighted by Crippen LogP contribution is 2.17. The highest BCUT2D eigenvalue weighted by Gasteiger charge is 2.07. The molecule has 1 aromatic carbocycles. The summed E-state index contributed by atoms with van der Waals surface area (Å²) in [5.41, 5.74) is 2.25. The van der Waals surface area contributed by atoms with Crippen molar-refractivity contribution in [3.05, 3.63) is 63.4 Å². The van der Waals surface area contributed by atoms with Crippen LogP contribution in [0, 0.1) is 13.8 Å². The van der Waals surface area contributed by atoms with Gasteiger partial charge >= 0.3 is 0 Å². The van der Waals surface area contributed by atoms with Gasteiger partial charge in [-0.2, -0.15) is 0 Å². The summed E-state index contributed by atoms with van der Waals surface area (Å²) in [6.45, 7) is 5.81. The SMILES string of the molecule is COc1cc(C)cc(CN=C(NCc2cccs2)NCc2nnc(C)n2C)c1. The van der Waals surface area contributed by atoms with Crippen LogP contribution < -0.4 is 15.4 Å². The van der Waals surface area contributed by atoms with Gasteiger partial charge in [0.05, 0.1) is 26.7 Å². The minimum absolute atomic E-state index is 0.546. The Morgan fingerprint density at radius 3 is 2.68 bits per heavy atom. The molecular weight excluding hydrogens is 372 g/mol. The third kappa shape index (κ3) is 5.32. The molecule has 2 N–H and O–H groups in total. The number of thiophene rings is 1. The van der Waals surface area contributed by atoms with Crippen LogP contribution in [-0.4, -0.2) is 27.8 Å². The number of hydrogen-bond donors (Lipinski definition) is 2. The van der Waals surface area contributed by atoms with Crippen LogP contribution in [0.1, 0.15) is 27.7 Å². The lowest BCUT2D eigenvalue weighted by atomic mass is 10.1. The van der Waals surface area contributed by atoms with E-state index in [0.717, 1.165) is 41.0 Å². The molecule has 0 spiro atoms. The zero-order valence-corrected chi connectivity index (χ0v) is 17.5. The zero-order valence-electron chi connectivity index (χ0n) is 16.7. The fourth-order valence-corrected chi connectivity index (χ4v) is 3.37. The summed E-state index contributed by atoms with van der Waals surface area (Å²) in [6, 6.07) is 10.3. The number of rotatable bonds is 7. The molecule has 2 aromatic heterocycles. The van der Waals surface area contributed by atoms with E-state index in [-0.39, 0.29) is 0 Å². The molecule has 0 aliphatic rings. The van der Waals surface area contributed by atoms with Crippen LogP contribution in [0.3, 0.4) is 0 Å². The van der Waals surface area contributed by atoms with Crippen molar-refractivity contribution in [1.82, 2.24) is 25.4 Å². The number of nitrogens with zero attached hydrogens (tertiary/aromatic N) is 4. The van der Waals surface area contributed by atoms with Crippen LogP contribution in [0.4, 0.5) is 0 Å². The number of aromatic nitrogens is 3. The number of guanidine groups is 1. The van der Waals surface area contributed by atoms with Gasteiger partial charge in [0.1, 0.15) is 11.6 Å². The van der Waals surface area contributed by atoms with E-state index in [1.807, 2.05) is 36.7 Å². The van der Waals surface area contributed by atoms with Gasteiger partial charge in [0.25, 0.3) is 0 Å². The van der Waals surface area contributed by atoms with Gasteiger partial charge in [-0.3, -0.25) is 0 Å². The van der Waals surface area contributed by atoms with Crippen LogP contribution in [-0.2, 0) is 26.7 Å². The molecule has 0 saturated carbocycles. The topological polar surface area (TPSA) is 76.4 Å². The Balaban J connectivity index is 1.71. The molecule has 2 heterocycles. The van der Waals surface area contributed by atoms with E-state index in [1.54, 1.807) is 18.4 Å². The molecule has 7 nitrogen and oxygen atoms in total. The summed E-state index contributed by atoms with van der Waals surface area (Å²) in [4.78, 5) is 6.00. The van der Waals surface area contributed by atoms with Crippen molar-refractivity contribution in [3.63, 3.8) is 0 Å². The van der Waals surface area contributed by atoms with Gasteiger partial charge < -0.3 is 19.9 Å². The predicted octanol–water partition coefficient (Wildman–Crippen LogP) is 2.94. The average Bonchev–Trinajstić information content (AvgIpc) is 3.32. The predicted molar refractivity (Wildman–Crippen MR) is 113 cm³/mol. The molecule has 0 fully saturated rings. The van der Waals surface area contributed by atoms with Crippen molar-refractivity contribution in [2.75, 3.05) is 7.11 Å². The summed E-state index contributed by atoms with van der Waals surface area (Å²) < 4.78 is 7.33. The monoisotopic (exact) mass is 398 g/mol. The van der Waals surface area contributed by atoms with Gasteiger partial charge in [-0.25, -0.2) is 4.99 Å². The van der Waals surface area contributed by atoms with Crippen molar-refractivity contribution < 1.29 is 4.74 Å². The third-order valence-corrected chi connectivity index (χ3v) is 5.25. The second kappa shape index (κ2) is 9.36. The maximum Gasteiger partial charge on any atom is 0.192 e. The highest BCUT2D eigenvalue weighted by molar-refractivity contribution is 7.09. The van der Waals surface area contributed by atoms with E-state index >= 15 is 0 Å². The second-order valence-electron chi connectivity index (χ2n) is 6.53. The van der Waals surface area contributed by atoms with Crippen LogP contribution in [0.5, 0.6) is 5.75 Å². The van der Waals surface area contributed by atoms with Gasteiger partial charge in [0, 0.05) is 11.9 Å². The Labute approximate surface area is 169 Å². The first kappa shape index (κ1) is 19.9. The fourth-order valence-electron chi connectivity index (χ4n) is 2.73. The Hall–Kier alpha value is -2.87. The molecule has 0 bridgehead atoms. The van der Waals surface area contributed by atoms with Crippen molar-refractivity contribution in [2.45, 2.75) is 33.5 Å². The van der Waals surface area contributed by atoms with Gasteiger partial charge in [-0.1, -0.05) is 12.1 Å². The molecular formula is C20H26N6OS. The summed E-state index contributed by atoms with van der Waals surface area (Å²) >= 11 is 1.72. The number of methoxy groups -OCH3 is 1. The van der Waals surface area contributed by atoms with E-state index < -0.39 is 0 Å². The Bertz CT molecular complexity index is 932. The summed E-state index contributed by atoms with van der Waals surface area (Å²) in [5, 5.41) is 17.1. The molecule has 0 amide bonds. The molecule has 0 atom stereocenters. The number of aliphatic imine (C=N–C) groups is 1. The molecule has 3 rings (SSSR count). The number of benzene rings is 1. The number of hydrogen-bond acceptors (Lipinski definition) is 5. The quantitative estimate of drug-likeness (QED) is 0.473. The summed E-state index contributed by atoms with van der Waals surface area (Å²) in [7, 11) is 3.64. The van der Waals surface area contributed by atoms with Crippen LogP contribution >= 0.6 is 11.3 Å². The first-order valence-electron chi connectivity index (χ1n) is 9.09. The minimum atomic E-state index is 0.546. The van der Waals surface area contributed by atoms with Crippen LogP contribution in [0.2, 0.25) is 0 Å². The maximum absolute atomic E-state index is 5.36. The van der Waals surface area contributed by atoms with Crippen molar-refractivity contribution >= 4 is 17.3 Å². The largest absolute Gasteiger partial charge is 0.497 e. The first-order valence-corrected chi connectivity index (χ1v) is 9.97. The summed E-state index contributed by atoms with van der Waals surface area (Å²) in [5.74, 6) is 3.32. The lowest BCUT2D eigenvalue weighted by Gasteiger charge is -2.12. The fraction of sp³-hybridized carbons (Fsp3) is 0.350. The van der Waals surface area contributed by atoms with E-state index in [0.29, 0.717) is 13.1 Å². The van der Waals surface area contributed by atoms with Crippen molar-refractivity contribution in [3.8, 4) is 5.75 Å². The molecule has 148 valence electrons. The third-order valence-electron chi connectivity index (χ3n) is 4.37. The molecule has 3 aromatic rings. The van der Waals surface area contributed by atoms with Crippen LogP contribution in [0.15, 0.2) is 40.7 Å². The van der Waals surface area contributed by atoms with Gasteiger partial charge in [0.2, 0.25) is 0 Å².